The number of rotatable bonds is 3. The third-order valence-electron chi connectivity index (χ3n) is 2.56. The summed E-state index contributed by atoms with van der Waals surface area (Å²) in [5.74, 6) is -0.206. The summed E-state index contributed by atoms with van der Waals surface area (Å²) in [6.45, 7) is 1.14. The summed E-state index contributed by atoms with van der Waals surface area (Å²) < 4.78 is 10.6. The van der Waals surface area contributed by atoms with Gasteiger partial charge in [0.1, 0.15) is 0 Å². The van der Waals surface area contributed by atoms with Crippen LogP contribution in [0.15, 0.2) is 12.1 Å². The molecule has 0 atom stereocenters. The van der Waals surface area contributed by atoms with Crippen molar-refractivity contribution < 1.29 is 14.3 Å². The van der Waals surface area contributed by atoms with E-state index in [1.165, 1.54) is 18.4 Å². The van der Waals surface area contributed by atoms with Crippen LogP contribution in [0.2, 0.25) is 4.34 Å². The monoisotopic (exact) mass is 246 g/mol. The highest BCUT2D eigenvalue weighted by Crippen LogP contribution is 2.40. The molecule has 1 fully saturated rings. The number of methoxy groups -OCH3 is 1. The van der Waals surface area contributed by atoms with Crippen LogP contribution in [0, 0.1) is 0 Å². The molecule has 1 saturated heterocycles. The maximum absolute atomic E-state index is 11.3. The van der Waals surface area contributed by atoms with E-state index in [1.54, 1.807) is 0 Å². The molecule has 0 unspecified atom stereocenters. The zero-order valence-corrected chi connectivity index (χ0v) is 9.86. The van der Waals surface area contributed by atoms with Gasteiger partial charge in [-0.25, -0.2) is 0 Å². The number of hydrogen-bond acceptors (Lipinski definition) is 4. The molecular formula is C10H11ClO3S. The number of ether oxygens (including phenoxy) is 2. The van der Waals surface area contributed by atoms with Gasteiger partial charge in [-0.1, -0.05) is 11.6 Å². The van der Waals surface area contributed by atoms with Crippen LogP contribution in [-0.2, 0) is 19.7 Å². The van der Waals surface area contributed by atoms with E-state index < -0.39 is 0 Å². The maximum Gasteiger partial charge on any atom is 0.306 e. The van der Waals surface area contributed by atoms with Gasteiger partial charge in [0.05, 0.1) is 36.5 Å². The van der Waals surface area contributed by atoms with Gasteiger partial charge in [0.2, 0.25) is 0 Å². The van der Waals surface area contributed by atoms with Crippen LogP contribution in [0.1, 0.15) is 11.3 Å². The van der Waals surface area contributed by atoms with E-state index in [0.29, 0.717) is 19.6 Å². The molecule has 1 aromatic heterocycles. The average molecular weight is 247 g/mol. The van der Waals surface area contributed by atoms with Crippen LogP contribution in [0.5, 0.6) is 0 Å². The quantitative estimate of drug-likeness (QED) is 0.768. The van der Waals surface area contributed by atoms with E-state index in [4.69, 9.17) is 16.3 Å². The summed E-state index contributed by atoms with van der Waals surface area (Å²) in [4.78, 5) is 12.4. The number of carbonyl (C=O) groups is 1. The molecule has 0 N–H and O–H groups in total. The largest absolute Gasteiger partial charge is 0.469 e. The maximum atomic E-state index is 11.3. The average Bonchev–Trinajstić information content (AvgIpc) is 2.58. The van der Waals surface area contributed by atoms with E-state index >= 15 is 0 Å². The normalized spacial score (nSPS) is 18.3. The van der Waals surface area contributed by atoms with Gasteiger partial charge in [0.15, 0.2) is 0 Å². The van der Waals surface area contributed by atoms with E-state index in [-0.39, 0.29) is 11.4 Å². The lowest BCUT2D eigenvalue weighted by molar-refractivity contribution is -0.148. The van der Waals surface area contributed by atoms with Crippen molar-refractivity contribution in [3.63, 3.8) is 0 Å². The molecule has 0 aliphatic carbocycles. The van der Waals surface area contributed by atoms with Crippen molar-refractivity contribution in [3.05, 3.63) is 21.3 Å². The second-order valence-corrected chi connectivity index (χ2v) is 5.34. The SMILES string of the molecule is COC(=O)CC1(c2ccc(Cl)s2)COC1. The molecule has 1 aromatic rings. The van der Waals surface area contributed by atoms with Crippen LogP contribution < -0.4 is 0 Å². The molecule has 5 heteroatoms. The summed E-state index contributed by atoms with van der Waals surface area (Å²) in [5.41, 5.74) is -0.203. The predicted octanol–water partition coefficient (Wildman–Crippen LogP) is 2.23. The Kier molecular flexibility index (Phi) is 3.00. The Morgan fingerprint density at radius 3 is 2.80 bits per heavy atom. The Balaban J connectivity index is 2.18. The number of esters is 1. The van der Waals surface area contributed by atoms with Crippen LogP contribution >= 0.6 is 22.9 Å². The number of hydrogen-bond donors (Lipinski definition) is 0. The van der Waals surface area contributed by atoms with Crippen LogP contribution in [0.4, 0.5) is 0 Å². The zero-order chi connectivity index (χ0) is 10.9. The molecule has 1 aliphatic rings. The summed E-state index contributed by atoms with van der Waals surface area (Å²) in [7, 11) is 1.40. The van der Waals surface area contributed by atoms with Crippen molar-refractivity contribution in [3.8, 4) is 0 Å². The molecule has 2 heterocycles. The molecule has 0 saturated carbocycles. The van der Waals surface area contributed by atoms with E-state index in [1.807, 2.05) is 12.1 Å². The second-order valence-electron chi connectivity index (χ2n) is 3.63. The first-order valence-corrected chi connectivity index (χ1v) is 5.76. The van der Waals surface area contributed by atoms with Gasteiger partial charge < -0.3 is 9.47 Å². The highest BCUT2D eigenvalue weighted by Gasteiger charge is 2.43. The molecule has 0 amide bonds. The summed E-state index contributed by atoms with van der Waals surface area (Å²) >= 11 is 7.38. The van der Waals surface area contributed by atoms with Gasteiger partial charge in [-0.3, -0.25) is 4.79 Å². The fourth-order valence-corrected chi connectivity index (χ4v) is 2.83. The summed E-state index contributed by atoms with van der Waals surface area (Å²) in [6, 6.07) is 3.80. The Hall–Kier alpha value is -0.580. The lowest BCUT2D eigenvalue weighted by Crippen LogP contribution is -2.47. The van der Waals surface area contributed by atoms with Gasteiger partial charge in [-0.2, -0.15) is 0 Å². The minimum Gasteiger partial charge on any atom is -0.469 e. The second kappa shape index (κ2) is 4.12. The van der Waals surface area contributed by atoms with Gasteiger partial charge >= 0.3 is 5.97 Å². The molecule has 0 radical (unpaired) electrons. The Morgan fingerprint density at radius 2 is 2.40 bits per heavy atom. The van der Waals surface area contributed by atoms with E-state index in [9.17, 15) is 4.79 Å². The number of halogens is 1. The lowest BCUT2D eigenvalue weighted by Gasteiger charge is -2.39. The molecule has 1 aliphatic heterocycles. The fraction of sp³-hybridized carbons (Fsp3) is 0.500. The van der Waals surface area contributed by atoms with Gasteiger partial charge in [0.25, 0.3) is 0 Å². The molecule has 2 rings (SSSR count). The standard InChI is InChI=1S/C10H11ClO3S/c1-13-9(12)4-10(5-14-6-10)7-2-3-8(11)15-7/h2-3H,4-6H2,1H3. The topological polar surface area (TPSA) is 35.5 Å². The number of thiophene rings is 1. The van der Waals surface area contributed by atoms with Crippen molar-refractivity contribution in [1.29, 1.82) is 0 Å². The van der Waals surface area contributed by atoms with Crippen molar-refractivity contribution in [2.75, 3.05) is 20.3 Å². The van der Waals surface area contributed by atoms with E-state index in [0.717, 1.165) is 9.21 Å². The van der Waals surface area contributed by atoms with Crippen LogP contribution in [-0.4, -0.2) is 26.3 Å². The third kappa shape index (κ3) is 2.02. The van der Waals surface area contributed by atoms with Crippen molar-refractivity contribution >= 4 is 28.9 Å². The van der Waals surface area contributed by atoms with Crippen molar-refractivity contribution in [2.24, 2.45) is 0 Å². The fourth-order valence-electron chi connectivity index (χ4n) is 1.63. The minimum atomic E-state index is -0.206. The van der Waals surface area contributed by atoms with Gasteiger partial charge in [0, 0.05) is 4.88 Å². The molecule has 0 spiro atoms. The summed E-state index contributed by atoms with van der Waals surface area (Å²) in [5, 5.41) is 0. The summed E-state index contributed by atoms with van der Waals surface area (Å²) in [6.07, 6.45) is 0.361. The van der Waals surface area contributed by atoms with Crippen molar-refractivity contribution in [2.45, 2.75) is 11.8 Å². The van der Waals surface area contributed by atoms with Gasteiger partial charge in [-0.05, 0) is 12.1 Å². The Bertz CT molecular complexity index is 370. The first-order chi connectivity index (χ1) is 7.16. The highest BCUT2D eigenvalue weighted by molar-refractivity contribution is 7.16. The molecule has 0 bridgehead atoms. The first kappa shape index (κ1) is 10.9. The Labute approximate surface area is 96.9 Å². The molecular weight excluding hydrogens is 236 g/mol. The van der Waals surface area contributed by atoms with Crippen LogP contribution in [0.25, 0.3) is 0 Å². The predicted molar refractivity (Wildman–Crippen MR) is 58.5 cm³/mol. The molecule has 0 aromatic carbocycles. The first-order valence-electron chi connectivity index (χ1n) is 4.57. The third-order valence-corrected chi connectivity index (χ3v) is 4.04. The lowest BCUT2D eigenvalue weighted by atomic mass is 9.81. The molecule has 3 nitrogen and oxygen atoms in total. The number of carbonyl (C=O) groups excluding carboxylic acids is 1. The zero-order valence-electron chi connectivity index (χ0n) is 8.29. The van der Waals surface area contributed by atoms with Crippen molar-refractivity contribution in [1.82, 2.24) is 0 Å². The molecule has 15 heavy (non-hydrogen) atoms. The van der Waals surface area contributed by atoms with Crippen LogP contribution in [0.3, 0.4) is 0 Å². The molecule has 82 valence electrons. The Morgan fingerprint density at radius 1 is 1.67 bits per heavy atom. The smallest absolute Gasteiger partial charge is 0.306 e. The highest BCUT2D eigenvalue weighted by atomic mass is 35.5. The minimum absolute atomic E-state index is 0.203. The van der Waals surface area contributed by atoms with E-state index in [2.05, 4.69) is 4.74 Å². The van der Waals surface area contributed by atoms with Gasteiger partial charge in [-0.15, -0.1) is 11.3 Å².